The maximum atomic E-state index is 9.21. The fourth-order valence-electron chi connectivity index (χ4n) is 1.81. The Kier molecular flexibility index (Phi) is 3.16. The molecule has 0 saturated carbocycles. The highest BCUT2D eigenvalue weighted by atomic mass is 79.9. The standard InChI is InChI=1S/C14H11BrN2/c1-9-10(4-3-7-14(9)17)11-5-2-6-13(15)12(11)8-16/h2-7H,17H2,1H3. The van der Waals surface area contributed by atoms with Crippen molar-refractivity contribution in [1.82, 2.24) is 0 Å². The predicted molar refractivity (Wildman–Crippen MR) is 73.4 cm³/mol. The fourth-order valence-corrected chi connectivity index (χ4v) is 2.26. The third kappa shape index (κ3) is 2.04. The third-order valence-electron chi connectivity index (χ3n) is 2.79. The molecule has 0 amide bonds. The van der Waals surface area contributed by atoms with Crippen LogP contribution in [0.25, 0.3) is 11.1 Å². The van der Waals surface area contributed by atoms with Crippen molar-refractivity contribution in [3.63, 3.8) is 0 Å². The normalized spacial score (nSPS) is 9.94. The van der Waals surface area contributed by atoms with Crippen LogP contribution in [0.4, 0.5) is 5.69 Å². The van der Waals surface area contributed by atoms with E-state index in [-0.39, 0.29) is 0 Å². The van der Waals surface area contributed by atoms with Crippen LogP contribution >= 0.6 is 15.9 Å². The van der Waals surface area contributed by atoms with Gasteiger partial charge in [0.15, 0.2) is 0 Å². The first kappa shape index (κ1) is 11.7. The molecule has 0 radical (unpaired) electrons. The first-order valence-corrected chi connectivity index (χ1v) is 5.98. The topological polar surface area (TPSA) is 49.8 Å². The van der Waals surface area contributed by atoms with Crippen molar-refractivity contribution in [3.05, 3.63) is 52.0 Å². The van der Waals surface area contributed by atoms with Crippen molar-refractivity contribution in [2.75, 3.05) is 5.73 Å². The second-order valence-corrected chi connectivity index (χ2v) is 4.65. The number of rotatable bonds is 1. The summed E-state index contributed by atoms with van der Waals surface area (Å²) in [6.07, 6.45) is 0. The van der Waals surface area contributed by atoms with Crippen LogP contribution in [-0.4, -0.2) is 0 Å². The summed E-state index contributed by atoms with van der Waals surface area (Å²) in [6.45, 7) is 1.97. The molecule has 0 bridgehead atoms. The van der Waals surface area contributed by atoms with Gasteiger partial charge in [0.25, 0.3) is 0 Å². The first-order chi connectivity index (χ1) is 8.15. The summed E-state index contributed by atoms with van der Waals surface area (Å²) < 4.78 is 0.805. The molecule has 3 heteroatoms. The molecule has 0 saturated heterocycles. The van der Waals surface area contributed by atoms with Crippen molar-refractivity contribution in [2.24, 2.45) is 0 Å². The SMILES string of the molecule is Cc1c(N)cccc1-c1cccc(Br)c1C#N. The van der Waals surface area contributed by atoms with Gasteiger partial charge in [-0.25, -0.2) is 0 Å². The molecule has 2 rings (SSSR count). The highest BCUT2D eigenvalue weighted by Crippen LogP contribution is 2.32. The molecule has 17 heavy (non-hydrogen) atoms. The Hall–Kier alpha value is -1.79. The van der Waals surface area contributed by atoms with Gasteiger partial charge >= 0.3 is 0 Å². The van der Waals surface area contributed by atoms with E-state index >= 15 is 0 Å². The summed E-state index contributed by atoms with van der Waals surface area (Å²) in [4.78, 5) is 0. The number of hydrogen-bond acceptors (Lipinski definition) is 2. The Labute approximate surface area is 109 Å². The molecule has 84 valence electrons. The molecule has 0 aromatic heterocycles. The lowest BCUT2D eigenvalue weighted by molar-refractivity contribution is 1.42. The molecule has 0 aliphatic carbocycles. The Balaban J connectivity index is 2.74. The van der Waals surface area contributed by atoms with Gasteiger partial charge in [0.1, 0.15) is 6.07 Å². The molecule has 2 aromatic carbocycles. The molecule has 0 atom stereocenters. The third-order valence-corrected chi connectivity index (χ3v) is 3.45. The number of halogens is 1. The Bertz CT molecular complexity index is 612. The van der Waals surface area contributed by atoms with Crippen LogP contribution in [0.5, 0.6) is 0 Å². The maximum Gasteiger partial charge on any atom is 0.101 e. The first-order valence-electron chi connectivity index (χ1n) is 5.19. The lowest BCUT2D eigenvalue weighted by atomic mass is 9.96. The van der Waals surface area contributed by atoms with Gasteiger partial charge in [-0.3, -0.25) is 0 Å². The van der Waals surface area contributed by atoms with Crippen molar-refractivity contribution in [1.29, 1.82) is 5.26 Å². The van der Waals surface area contributed by atoms with Gasteiger partial charge < -0.3 is 5.73 Å². The van der Waals surface area contributed by atoms with Crippen LogP contribution in [-0.2, 0) is 0 Å². The molecule has 0 unspecified atom stereocenters. The number of hydrogen-bond donors (Lipinski definition) is 1. The van der Waals surface area contributed by atoms with Crippen molar-refractivity contribution < 1.29 is 0 Å². The molecule has 0 spiro atoms. The van der Waals surface area contributed by atoms with Crippen LogP contribution in [0.2, 0.25) is 0 Å². The van der Waals surface area contributed by atoms with Crippen LogP contribution in [0.1, 0.15) is 11.1 Å². The monoisotopic (exact) mass is 286 g/mol. The Morgan fingerprint density at radius 2 is 1.76 bits per heavy atom. The number of benzene rings is 2. The fraction of sp³-hybridized carbons (Fsp3) is 0.0714. The highest BCUT2D eigenvalue weighted by Gasteiger charge is 2.11. The predicted octanol–water partition coefficient (Wildman–Crippen LogP) is 3.88. The second-order valence-electron chi connectivity index (χ2n) is 3.79. The second kappa shape index (κ2) is 4.60. The number of nitriles is 1. The van der Waals surface area contributed by atoms with Gasteiger partial charge in [0, 0.05) is 15.7 Å². The molecule has 2 N–H and O–H groups in total. The summed E-state index contributed by atoms with van der Waals surface area (Å²) in [5, 5.41) is 9.21. The van der Waals surface area contributed by atoms with E-state index in [1.165, 1.54) is 0 Å². The minimum absolute atomic E-state index is 0.640. The molecular weight excluding hydrogens is 276 g/mol. The number of nitrogen functional groups attached to an aromatic ring is 1. The zero-order valence-electron chi connectivity index (χ0n) is 9.37. The van der Waals surface area contributed by atoms with Crippen LogP contribution in [0.3, 0.4) is 0 Å². The quantitative estimate of drug-likeness (QED) is 0.809. The van der Waals surface area contributed by atoms with Crippen LogP contribution in [0, 0.1) is 18.3 Å². The molecule has 2 nitrogen and oxygen atoms in total. The minimum Gasteiger partial charge on any atom is -0.398 e. The van der Waals surface area contributed by atoms with E-state index < -0.39 is 0 Å². The maximum absolute atomic E-state index is 9.21. The zero-order valence-corrected chi connectivity index (χ0v) is 11.0. The van der Waals surface area contributed by atoms with Crippen molar-refractivity contribution in [2.45, 2.75) is 6.92 Å². The summed E-state index contributed by atoms with van der Waals surface area (Å²) in [7, 11) is 0. The molecule has 2 aromatic rings. The molecule has 0 heterocycles. The van der Waals surface area contributed by atoms with E-state index in [1.54, 1.807) is 0 Å². The summed E-state index contributed by atoms with van der Waals surface area (Å²) in [6, 6.07) is 13.7. The van der Waals surface area contributed by atoms with E-state index in [1.807, 2.05) is 43.3 Å². The number of nitrogens with two attached hydrogens (primary N) is 1. The average molecular weight is 287 g/mol. The average Bonchev–Trinajstić information content (AvgIpc) is 2.32. The Morgan fingerprint density at radius 1 is 1.12 bits per heavy atom. The van der Waals surface area contributed by atoms with E-state index in [9.17, 15) is 5.26 Å². The summed E-state index contributed by atoms with van der Waals surface area (Å²) in [5.41, 5.74) is 10.2. The van der Waals surface area contributed by atoms with Gasteiger partial charge in [-0.1, -0.05) is 24.3 Å². The van der Waals surface area contributed by atoms with Gasteiger partial charge in [0.2, 0.25) is 0 Å². The van der Waals surface area contributed by atoms with E-state index in [2.05, 4.69) is 22.0 Å². The van der Waals surface area contributed by atoms with Crippen molar-refractivity contribution >= 4 is 21.6 Å². The molecular formula is C14H11BrN2. The Morgan fingerprint density at radius 3 is 2.47 bits per heavy atom. The van der Waals surface area contributed by atoms with Gasteiger partial charge in [-0.05, 0) is 46.1 Å². The largest absolute Gasteiger partial charge is 0.398 e. The van der Waals surface area contributed by atoms with Crippen molar-refractivity contribution in [3.8, 4) is 17.2 Å². The van der Waals surface area contributed by atoms with E-state index in [4.69, 9.17) is 5.73 Å². The zero-order chi connectivity index (χ0) is 12.4. The lowest BCUT2D eigenvalue weighted by Gasteiger charge is -2.10. The highest BCUT2D eigenvalue weighted by molar-refractivity contribution is 9.10. The van der Waals surface area contributed by atoms with Crippen LogP contribution < -0.4 is 5.73 Å². The van der Waals surface area contributed by atoms with Gasteiger partial charge in [-0.2, -0.15) is 5.26 Å². The smallest absolute Gasteiger partial charge is 0.101 e. The van der Waals surface area contributed by atoms with E-state index in [0.717, 1.165) is 26.9 Å². The molecule has 0 aliphatic rings. The summed E-state index contributed by atoms with van der Waals surface area (Å²) >= 11 is 3.39. The van der Waals surface area contributed by atoms with Crippen LogP contribution in [0.15, 0.2) is 40.9 Å². The number of nitrogens with zero attached hydrogens (tertiary/aromatic N) is 1. The van der Waals surface area contributed by atoms with E-state index in [0.29, 0.717) is 5.56 Å². The summed E-state index contributed by atoms with van der Waals surface area (Å²) in [5.74, 6) is 0. The minimum atomic E-state index is 0.640. The lowest BCUT2D eigenvalue weighted by Crippen LogP contribution is -1.94. The van der Waals surface area contributed by atoms with Gasteiger partial charge in [-0.15, -0.1) is 0 Å². The number of anilines is 1. The molecule has 0 fully saturated rings. The molecule has 0 aliphatic heterocycles. The van der Waals surface area contributed by atoms with Gasteiger partial charge in [0.05, 0.1) is 5.56 Å².